The van der Waals surface area contributed by atoms with Gasteiger partial charge in [0, 0.05) is 14.9 Å². The lowest BCUT2D eigenvalue weighted by atomic mass is 9.49. The van der Waals surface area contributed by atoms with Crippen molar-refractivity contribution in [2.75, 3.05) is 0 Å². The molecule has 0 saturated carbocycles. The van der Waals surface area contributed by atoms with E-state index in [0.29, 0.717) is 0 Å². The maximum absolute atomic E-state index is 6.32. The third-order valence-corrected chi connectivity index (χ3v) is 16.4. The van der Waals surface area contributed by atoms with Gasteiger partial charge in [-0.15, -0.1) is 0 Å². The van der Waals surface area contributed by atoms with E-state index in [1.165, 1.54) is 14.6 Å². The molecule has 16 heteroatoms. The van der Waals surface area contributed by atoms with Crippen LogP contribution in [-0.2, 0) is 27.9 Å². The molecule has 3 saturated heterocycles. The molecule has 4 aromatic heterocycles. The van der Waals surface area contributed by atoms with Crippen LogP contribution in [0, 0.1) is 3.57 Å². The topological polar surface area (TPSA) is 99.8 Å². The number of hydrogen-bond acceptors (Lipinski definition) is 8. The quantitative estimate of drug-likeness (QED) is 0.127. The largest absolute Gasteiger partial charge is 0.494 e. The molecule has 7 heterocycles. The first-order chi connectivity index (χ1) is 34.1. The third kappa shape index (κ3) is 8.08. The Labute approximate surface area is 435 Å². The zero-order valence-electron chi connectivity index (χ0n) is 43.1. The number of benzene rings is 6. The van der Waals surface area contributed by atoms with E-state index in [4.69, 9.17) is 37.9 Å². The first-order valence-corrected chi connectivity index (χ1v) is 25.8. The summed E-state index contributed by atoms with van der Waals surface area (Å²) in [5.41, 5.74) is 9.80. The van der Waals surface area contributed by atoms with Gasteiger partial charge in [0.25, 0.3) is 0 Å². The van der Waals surface area contributed by atoms with Gasteiger partial charge in [0.1, 0.15) is 0 Å². The highest BCUT2D eigenvalue weighted by Crippen LogP contribution is 2.43. The molecule has 0 atom stereocenters. The number of halogens is 1. The summed E-state index contributed by atoms with van der Waals surface area (Å²) in [6.07, 6.45) is 0. The highest BCUT2D eigenvalue weighted by atomic mass is 127. The molecule has 0 radical (unpaired) electrons. The maximum Gasteiger partial charge on any atom is 0.494 e. The fourth-order valence-corrected chi connectivity index (χ4v) is 10.1. The monoisotopic (exact) mass is 1070 g/mol. The summed E-state index contributed by atoms with van der Waals surface area (Å²) in [6.45, 7) is 24.5. The van der Waals surface area contributed by atoms with E-state index in [9.17, 15) is 0 Å². The van der Waals surface area contributed by atoms with Gasteiger partial charge in [-0.2, -0.15) is 0 Å². The van der Waals surface area contributed by atoms with Crippen LogP contribution in [-0.4, -0.2) is 82.6 Å². The molecule has 0 N–H and O–H groups in total. The van der Waals surface area contributed by atoms with Gasteiger partial charge in [-0.25, -0.2) is 9.97 Å². The van der Waals surface area contributed by atoms with Crippen LogP contribution < -0.4 is 5.46 Å². The Hall–Kier alpha value is -5.46. The van der Waals surface area contributed by atoms with Crippen LogP contribution >= 0.6 is 22.6 Å². The average Bonchev–Trinajstić information content (AvgIpc) is 4.17. The van der Waals surface area contributed by atoms with Gasteiger partial charge in [0.15, 0.2) is 0 Å². The highest BCUT2D eigenvalue weighted by molar-refractivity contribution is 14.1. The van der Waals surface area contributed by atoms with Gasteiger partial charge in [0.05, 0.1) is 77.7 Å². The van der Waals surface area contributed by atoms with Gasteiger partial charge in [0.2, 0.25) is 11.6 Å². The highest BCUT2D eigenvalue weighted by Gasteiger charge is 2.63. The van der Waals surface area contributed by atoms with Crippen molar-refractivity contribution >= 4 is 105 Å². The Morgan fingerprint density at radius 2 is 0.736 bits per heavy atom. The summed E-state index contributed by atoms with van der Waals surface area (Å²) in [5, 5.41) is 0. The second kappa shape index (κ2) is 17.3. The Morgan fingerprint density at radius 3 is 1.17 bits per heavy atom. The third-order valence-electron chi connectivity index (χ3n) is 15.7. The van der Waals surface area contributed by atoms with E-state index in [1.807, 2.05) is 79.7 Å². The molecule has 0 aliphatic carbocycles. The number of imidazole rings is 4. The number of para-hydroxylation sites is 6. The normalized spacial score (nSPS) is 19.4. The Balaban J connectivity index is 0.000000122. The minimum absolute atomic E-state index is 0.360. The van der Waals surface area contributed by atoms with Gasteiger partial charge < -0.3 is 27.9 Å². The van der Waals surface area contributed by atoms with Crippen molar-refractivity contribution < 1.29 is 27.9 Å². The molecule has 3 aliphatic rings. The van der Waals surface area contributed by atoms with Gasteiger partial charge in [-0.05, 0) is 190 Å². The van der Waals surface area contributed by atoms with Crippen molar-refractivity contribution in [3.05, 3.63) is 149 Å². The summed E-state index contributed by atoms with van der Waals surface area (Å²) in [6, 6.07) is 50.3. The van der Waals surface area contributed by atoms with Crippen LogP contribution in [0.5, 0.6) is 0 Å². The van der Waals surface area contributed by atoms with Gasteiger partial charge in [-0.1, -0.05) is 66.7 Å². The summed E-state index contributed by atoms with van der Waals surface area (Å²) in [4.78, 5) is 9.85. The summed E-state index contributed by atoms with van der Waals surface area (Å²) < 4.78 is 46.6. The zero-order chi connectivity index (χ0) is 50.8. The lowest BCUT2D eigenvalue weighted by Gasteiger charge is -2.32. The summed E-state index contributed by atoms with van der Waals surface area (Å²) in [5.74, 6) is 1.85. The summed E-state index contributed by atoms with van der Waals surface area (Å²) >= 11 is 2.36. The molecule has 3 aliphatic heterocycles. The van der Waals surface area contributed by atoms with Crippen molar-refractivity contribution in [1.29, 1.82) is 0 Å². The molecule has 72 heavy (non-hydrogen) atoms. The lowest BCUT2D eigenvalue weighted by Crippen LogP contribution is -2.41. The SMILES string of the molecule is CC1(C)OB(B2OC(C)(C)C(C)(C)O2)OC1(C)C.CC1(C)OB(c2ccc3c(c2)n2c4ccccc4nc2n3-c2ccccc2)OC1(C)C.Ic1ccc2c(c1)n1c3ccccc3nc1n2-c1ccccc1. The predicted octanol–water partition coefficient (Wildman–Crippen LogP) is 12.0. The van der Waals surface area contributed by atoms with Crippen LogP contribution in [0.1, 0.15) is 83.1 Å². The van der Waals surface area contributed by atoms with Crippen LogP contribution in [0.15, 0.2) is 146 Å². The van der Waals surface area contributed by atoms with E-state index in [-0.39, 0.29) is 33.6 Å². The molecule has 10 aromatic rings. The van der Waals surface area contributed by atoms with Crippen molar-refractivity contribution in [1.82, 2.24) is 27.9 Å². The summed E-state index contributed by atoms with van der Waals surface area (Å²) in [7, 11) is -1.36. The minimum atomic E-state index is -0.476. The number of rotatable bonds is 4. The Kier molecular flexibility index (Phi) is 11.7. The maximum atomic E-state index is 6.32. The number of hydrogen-bond donors (Lipinski definition) is 0. The minimum Gasteiger partial charge on any atom is -0.405 e. The molecule has 13 rings (SSSR count). The van der Waals surface area contributed by atoms with Gasteiger partial charge in [-0.3, -0.25) is 17.9 Å². The molecule has 6 aromatic carbocycles. The van der Waals surface area contributed by atoms with Gasteiger partial charge >= 0.3 is 21.1 Å². The van der Waals surface area contributed by atoms with Crippen LogP contribution in [0.4, 0.5) is 0 Å². The molecule has 0 spiro atoms. The predicted molar refractivity (Wildman–Crippen MR) is 300 cm³/mol. The molecule has 0 bridgehead atoms. The zero-order valence-corrected chi connectivity index (χ0v) is 45.3. The molecule has 366 valence electrons. The fourth-order valence-electron chi connectivity index (χ4n) is 9.58. The Morgan fingerprint density at radius 1 is 0.375 bits per heavy atom. The Bertz CT molecular complexity index is 3600. The van der Waals surface area contributed by atoms with Crippen molar-refractivity contribution in [2.45, 2.75) is 117 Å². The second-order valence-electron chi connectivity index (χ2n) is 22.0. The first-order valence-electron chi connectivity index (χ1n) is 24.7. The standard InChI is InChI=1S/C25H24BN3O2.C19H12IN3.C12H24B2O4/c1-24(2)25(3,4)31-26(30-24)17-14-15-21-22(16-17)29-20-13-9-8-12-19(20)27-23(29)28(21)18-10-6-5-7-11-18;20-13-10-11-17-18(12-13)23-16-9-5-4-8-15(16)21-19(23)22(17)14-6-2-1-3-7-14;1-9(2)10(3,4)16-13(15-9)14-17-11(5,6)12(7,8)18-14/h5-16H,1-4H3;1-12H;1-8H3. The molecule has 0 unspecified atom stereocenters. The average molecular weight is 1070 g/mol. The number of nitrogens with zero attached hydrogens (tertiary/aromatic N) is 6. The smallest absolute Gasteiger partial charge is 0.405 e. The first kappa shape index (κ1) is 48.8. The van der Waals surface area contributed by atoms with Crippen LogP contribution in [0.25, 0.3) is 67.1 Å². The van der Waals surface area contributed by atoms with Crippen molar-refractivity contribution in [2.24, 2.45) is 0 Å². The molecular formula is C56H60B3IN6O6. The van der Waals surface area contributed by atoms with E-state index < -0.39 is 21.1 Å². The molecule has 12 nitrogen and oxygen atoms in total. The fraction of sp³-hybridized carbons (Fsp3) is 0.321. The second-order valence-corrected chi connectivity index (χ2v) is 23.3. The van der Waals surface area contributed by atoms with E-state index in [0.717, 1.165) is 61.5 Å². The molecular weight excluding hydrogens is 1010 g/mol. The number of aromatic nitrogens is 6. The van der Waals surface area contributed by atoms with Crippen LogP contribution in [0.3, 0.4) is 0 Å². The van der Waals surface area contributed by atoms with E-state index >= 15 is 0 Å². The van der Waals surface area contributed by atoms with E-state index in [2.05, 4.69) is 190 Å². The van der Waals surface area contributed by atoms with E-state index in [1.54, 1.807) is 0 Å². The molecule has 0 amide bonds. The van der Waals surface area contributed by atoms with Crippen molar-refractivity contribution in [3.8, 4) is 11.4 Å². The van der Waals surface area contributed by atoms with Crippen LogP contribution in [0.2, 0.25) is 0 Å². The lowest BCUT2D eigenvalue weighted by molar-refractivity contribution is 0.00578. The van der Waals surface area contributed by atoms with Crippen molar-refractivity contribution in [3.63, 3.8) is 0 Å². The molecule has 3 fully saturated rings. The number of fused-ring (bicyclic) bond motifs is 10.